The van der Waals surface area contributed by atoms with Crippen LogP contribution in [0.2, 0.25) is 0 Å². The van der Waals surface area contributed by atoms with Gasteiger partial charge in [-0.3, -0.25) is 4.79 Å². The van der Waals surface area contributed by atoms with Crippen LogP contribution >= 0.6 is 0 Å². The van der Waals surface area contributed by atoms with Gasteiger partial charge < -0.3 is 14.2 Å². The summed E-state index contributed by atoms with van der Waals surface area (Å²) in [6.45, 7) is 5.98. The summed E-state index contributed by atoms with van der Waals surface area (Å²) in [7, 11) is 0. The summed E-state index contributed by atoms with van der Waals surface area (Å²) in [5, 5.41) is 0. The maximum atomic E-state index is 11.8. The van der Waals surface area contributed by atoms with Gasteiger partial charge in [0.15, 0.2) is 6.10 Å². The van der Waals surface area contributed by atoms with Crippen LogP contribution in [-0.2, 0) is 23.8 Å². The van der Waals surface area contributed by atoms with Crippen molar-refractivity contribution >= 4 is 11.9 Å². The minimum atomic E-state index is -0.938. The molecule has 1 rings (SSSR count). The lowest BCUT2D eigenvalue weighted by Crippen LogP contribution is -2.28. The van der Waals surface area contributed by atoms with E-state index in [9.17, 15) is 9.59 Å². The fraction of sp³-hybridized carbons (Fsp3) is 0.778. The quantitative estimate of drug-likeness (QED) is 0.159. The molecule has 2 atom stereocenters. The molecule has 1 saturated heterocycles. The molecule has 0 saturated carbocycles. The van der Waals surface area contributed by atoms with E-state index in [1.807, 2.05) is 0 Å². The Morgan fingerprint density at radius 2 is 1.65 bits per heavy atom. The highest BCUT2D eigenvalue weighted by Gasteiger charge is 2.38. The van der Waals surface area contributed by atoms with E-state index in [1.165, 1.54) is 38.5 Å². The smallest absolute Gasteiger partial charge is 0.333 e. The first-order valence-electron chi connectivity index (χ1n) is 8.81. The number of carbonyl (C=O) groups is 2. The van der Waals surface area contributed by atoms with Gasteiger partial charge in [-0.05, 0) is 6.42 Å². The second kappa shape index (κ2) is 12.1. The highest BCUT2D eigenvalue weighted by atomic mass is 16.7. The van der Waals surface area contributed by atoms with Gasteiger partial charge in [0.25, 0.3) is 6.29 Å². The summed E-state index contributed by atoms with van der Waals surface area (Å²) in [6.07, 6.45) is 10.9. The van der Waals surface area contributed by atoms with Gasteiger partial charge in [-0.15, -0.1) is 0 Å². The number of hydrogen-bond acceptors (Lipinski definition) is 5. The highest BCUT2D eigenvalue weighted by Crippen LogP contribution is 2.19. The minimum absolute atomic E-state index is 0.328. The summed E-state index contributed by atoms with van der Waals surface area (Å²) < 4.78 is 15.2. The molecule has 23 heavy (non-hydrogen) atoms. The van der Waals surface area contributed by atoms with E-state index in [0.29, 0.717) is 13.0 Å². The van der Waals surface area contributed by atoms with Crippen molar-refractivity contribution in [1.82, 2.24) is 0 Å². The predicted octanol–water partition coefficient (Wildman–Crippen LogP) is 3.90. The van der Waals surface area contributed by atoms with Gasteiger partial charge >= 0.3 is 11.9 Å². The van der Waals surface area contributed by atoms with Gasteiger partial charge in [0.2, 0.25) is 0 Å². The molecule has 0 aromatic rings. The van der Waals surface area contributed by atoms with Crippen LogP contribution in [0.25, 0.3) is 0 Å². The molecule has 2 unspecified atom stereocenters. The van der Waals surface area contributed by atoms with Crippen LogP contribution in [0.15, 0.2) is 12.7 Å². The van der Waals surface area contributed by atoms with Crippen LogP contribution in [-0.4, -0.2) is 30.9 Å². The maximum Gasteiger partial charge on any atom is 0.333 e. The van der Waals surface area contributed by atoms with Crippen molar-refractivity contribution in [1.29, 1.82) is 0 Å². The van der Waals surface area contributed by atoms with E-state index in [0.717, 1.165) is 25.3 Å². The molecule has 0 bridgehead atoms. The molecule has 0 amide bonds. The Morgan fingerprint density at radius 1 is 1.09 bits per heavy atom. The molecule has 1 fully saturated rings. The van der Waals surface area contributed by atoms with Crippen LogP contribution < -0.4 is 0 Å². The van der Waals surface area contributed by atoms with Gasteiger partial charge in [-0.1, -0.05) is 64.9 Å². The normalized spacial score (nSPS) is 17.3. The second-order valence-electron chi connectivity index (χ2n) is 5.95. The third-order valence-corrected chi connectivity index (χ3v) is 3.79. The predicted molar refractivity (Wildman–Crippen MR) is 87.8 cm³/mol. The van der Waals surface area contributed by atoms with Crippen molar-refractivity contribution in [2.75, 3.05) is 6.61 Å². The monoisotopic (exact) mass is 326 g/mol. The molecule has 1 heterocycles. The van der Waals surface area contributed by atoms with Crippen molar-refractivity contribution in [3.8, 4) is 0 Å². The average Bonchev–Trinajstić information content (AvgIpc) is 3.37. The van der Waals surface area contributed by atoms with Crippen LogP contribution in [0.5, 0.6) is 0 Å². The third-order valence-electron chi connectivity index (χ3n) is 3.79. The summed E-state index contributed by atoms with van der Waals surface area (Å²) >= 11 is 0. The number of esters is 2. The van der Waals surface area contributed by atoms with Crippen molar-refractivity contribution in [3.63, 3.8) is 0 Å². The lowest BCUT2D eigenvalue weighted by atomic mass is 10.1. The number of ether oxygens (including phenoxy) is 3. The summed E-state index contributed by atoms with van der Waals surface area (Å²) in [4.78, 5) is 22.9. The van der Waals surface area contributed by atoms with Crippen LogP contribution in [0.1, 0.15) is 71.1 Å². The molecule has 132 valence electrons. The first-order chi connectivity index (χ1) is 11.2. The largest absolute Gasteiger partial charge is 0.422 e. The Kier molecular flexibility index (Phi) is 10.4. The third kappa shape index (κ3) is 10.1. The number of rotatable bonds is 14. The van der Waals surface area contributed by atoms with Crippen LogP contribution in [0.3, 0.4) is 0 Å². The lowest BCUT2D eigenvalue weighted by molar-refractivity contribution is -0.188. The minimum Gasteiger partial charge on any atom is -0.422 e. The Labute approximate surface area is 139 Å². The van der Waals surface area contributed by atoms with Crippen molar-refractivity contribution < 1.29 is 23.8 Å². The van der Waals surface area contributed by atoms with Crippen molar-refractivity contribution in [2.45, 2.75) is 83.5 Å². The van der Waals surface area contributed by atoms with Gasteiger partial charge in [0.05, 0.1) is 6.61 Å². The SMILES string of the molecule is C=CC(=O)OC(OC(=O)CCCCCCCCCCC)C1CO1. The van der Waals surface area contributed by atoms with E-state index < -0.39 is 12.3 Å². The van der Waals surface area contributed by atoms with Gasteiger partial charge in [0, 0.05) is 12.5 Å². The van der Waals surface area contributed by atoms with Crippen molar-refractivity contribution in [2.24, 2.45) is 0 Å². The van der Waals surface area contributed by atoms with Gasteiger partial charge in [-0.25, -0.2) is 4.79 Å². The standard InChI is InChI=1S/C18H30O5/c1-3-5-6-7-8-9-10-11-12-13-17(20)23-18(15-14-21-15)22-16(19)4-2/h4,15,18H,2-3,5-14H2,1H3. The Morgan fingerprint density at radius 3 is 2.17 bits per heavy atom. The number of hydrogen-bond donors (Lipinski definition) is 0. The number of epoxide rings is 1. The molecule has 0 aromatic carbocycles. The topological polar surface area (TPSA) is 65.1 Å². The van der Waals surface area contributed by atoms with E-state index in [2.05, 4.69) is 13.5 Å². The van der Waals surface area contributed by atoms with E-state index >= 15 is 0 Å². The first kappa shape index (κ1) is 19.7. The molecular formula is C18H30O5. The zero-order valence-electron chi connectivity index (χ0n) is 14.3. The molecule has 5 heteroatoms. The fourth-order valence-corrected chi connectivity index (χ4v) is 2.32. The Balaban J connectivity index is 2.02. The Hall–Kier alpha value is -1.36. The average molecular weight is 326 g/mol. The molecule has 1 aliphatic heterocycles. The van der Waals surface area contributed by atoms with E-state index in [4.69, 9.17) is 14.2 Å². The van der Waals surface area contributed by atoms with E-state index in [-0.39, 0.29) is 12.1 Å². The number of carbonyl (C=O) groups excluding carboxylic acids is 2. The van der Waals surface area contributed by atoms with Crippen LogP contribution in [0, 0.1) is 0 Å². The lowest BCUT2D eigenvalue weighted by Gasteiger charge is -2.15. The van der Waals surface area contributed by atoms with Crippen molar-refractivity contribution in [3.05, 3.63) is 12.7 Å². The molecule has 0 radical (unpaired) electrons. The maximum absolute atomic E-state index is 11.8. The van der Waals surface area contributed by atoms with Crippen LogP contribution in [0.4, 0.5) is 0 Å². The summed E-state index contributed by atoms with van der Waals surface area (Å²) in [5.41, 5.74) is 0. The highest BCUT2D eigenvalue weighted by molar-refractivity contribution is 5.81. The van der Waals surface area contributed by atoms with E-state index in [1.54, 1.807) is 0 Å². The molecule has 0 N–H and O–H groups in total. The zero-order valence-corrected chi connectivity index (χ0v) is 14.3. The molecule has 5 nitrogen and oxygen atoms in total. The fourth-order valence-electron chi connectivity index (χ4n) is 2.32. The zero-order chi connectivity index (χ0) is 16.9. The molecule has 0 aromatic heterocycles. The summed E-state index contributed by atoms with van der Waals surface area (Å²) in [6, 6.07) is 0. The second-order valence-corrected chi connectivity index (χ2v) is 5.95. The molecular weight excluding hydrogens is 296 g/mol. The summed E-state index contributed by atoms with van der Waals surface area (Å²) in [5.74, 6) is -0.952. The molecule has 0 spiro atoms. The van der Waals surface area contributed by atoms with Gasteiger partial charge in [0.1, 0.15) is 0 Å². The molecule has 1 aliphatic rings. The van der Waals surface area contributed by atoms with Gasteiger partial charge in [-0.2, -0.15) is 0 Å². The number of unbranched alkanes of at least 4 members (excludes halogenated alkanes) is 8. The molecule has 0 aliphatic carbocycles. The Bertz CT molecular complexity index is 362. The first-order valence-corrected chi connectivity index (χ1v) is 8.81.